The number of hydrogen-bond donors (Lipinski definition) is 6. The first kappa shape index (κ1) is 21.1. The van der Waals surface area contributed by atoms with Crippen LogP contribution >= 0.6 is 0 Å². The molecule has 11 heteroatoms. The number of amides is 2. The van der Waals surface area contributed by atoms with Crippen LogP contribution < -0.4 is 16.4 Å². The molecule has 2 amide bonds. The number of aromatic amines is 2. The van der Waals surface area contributed by atoms with Gasteiger partial charge in [-0.3, -0.25) is 9.59 Å². The molecule has 28 heavy (non-hydrogen) atoms. The second-order valence-corrected chi connectivity index (χ2v) is 6.80. The minimum atomic E-state index is -1.15. The molecule has 0 fully saturated rings. The number of nitrogens with two attached hydrogens (primary N) is 1. The lowest BCUT2D eigenvalue weighted by atomic mass is 10.0. The third kappa shape index (κ3) is 5.91. The van der Waals surface area contributed by atoms with Crippen LogP contribution in [0.4, 0.5) is 0 Å². The number of carbonyl (C=O) groups excluding carboxylic acids is 2. The number of carboxylic acid groups (broad SMARTS) is 1. The summed E-state index contributed by atoms with van der Waals surface area (Å²) >= 11 is 0. The summed E-state index contributed by atoms with van der Waals surface area (Å²) in [7, 11) is 0. The zero-order chi connectivity index (χ0) is 20.7. The van der Waals surface area contributed by atoms with Gasteiger partial charge in [0.25, 0.3) is 0 Å². The van der Waals surface area contributed by atoms with E-state index in [0.717, 1.165) is 0 Å². The van der Waals surface area contributed by atoms with Gasteiger partial charge in [0.05, 0.1) is 18.7 Å². The van der Waals surface area contributed by atoms with Crippen molar-refractivity contribution >= 4 is 17.8 Å². The minimum Gasteiger partial charge on any atom is -0.480 e. The number of aliphatic carboxylic acids is 1. The molecule has 3 atom stereocenters. The van der Waals surface area contributed by atoms with Crippen molar-refractivity contribution in [3.8, 4) is 0 Å². The van der Waals surface area contributed by atoms with E-state index in [2.05, 4.69) is 30.6 Å². The van der Waals surface area contributed by atoms with E-state index in [1.165, 1.54) is 18.9 Å². The van der Waals surface area contributed by atoms with E-state index in [-0.39, 0.29) is 18.8 Å². The highest BCUT2D eigenvalue weighted by atomic mass is 16.4. The molecule has 152 valence electrons. The number of H-pyrrole nitrogens is 2. The Labute approximate surface area is 161 Å². The average molecular weight is 391 g/mol. The molecule has 0 saturated heterocycles. The number of imidazole rings is 2. The SMILES string of the molecule is CC(C)[C@H](NC(=O)[C@H](Cc1cnc[nH]1)NC(=O)[C@@H](N)Cc1cnc[nH]1)C(=O)O. The Hall–Kier alpha value is -3.21. The highest BCUT2D eigenvalue weighted by molar-refractivity contribution is 5.92. The molecule has 0 radical (unpaired) electrons. The van der Waals surface area contributed by atoms with Crippen LogP contribution in [-0.2, 0) is 27.2 Å². The molecular formula is C17H25N7O4. The summed E-state index contributed by atoms with van der Waals surface area (Å²) in [6.07, 6.45) is 6.33. The van der Waals surface area contributed by atoms with Crippen LogP contribution in [0.2, 0.25) is 0 Å². The third-order valence-corrected chi connectivity index (χ3v) is 4.17. The molecule has 0 bridgehead atoms. The molecule has 2 rings (SSSR count). The first-order chi connectivity index (χ1) is 13.3. The predicted molar refractivity (Wildman–Crippen MR) is 98.9 cm³/mol. The molecule has 0 aliphatic rings. The standard InChI is InChI=1S/C17H25N7O4/c1-9(2)14(17(27)28)24-16(26)13(4-11-6-20-8-22-11)23-15(25)12(18)3-10-5-19-7-21-10/h5-9,12-14H,3-4,18H2,1-2H3,(H,19,21)(H,20,22)(H,23,25)(H,24,26)(H,27,28)/t12-,13-,14-/m0/s1. The van der Waals surface area contributed by atoms with Crippen molar-refractivity contribution in [2.75, 3.05) is 0 Å². The largest absolute Gasteiger partial charge is 0.480 e. The van der Waals surface area contributed by atoms with Gasteiger partial charge in [0.1, 0.15) is 12.1 Å². The number of hydrogen-bond acceptors (Lipinski definition) is 6. The molecule has 0 aliphatic heterocycles. The molecule has 0 saturated carbocycles. The number of rotatable bonds is 10. The van der Waals surface area contributed by atoms with Crippen LogP contribution in [-0.4, -0.2) is 61.0 Å². The smallest absolute Gasteiger partial charge is 0.326 e. The second-order valence-electron chi connectivity index (χ2n) is 6.80. The van der Waals surface area contributed by atoms with Crippen LogP contribution in [0.3, 0.4) is 0 Å². The molecule has 7 N–H and O–H groups in total. The van der Waals surface area contributed by atoms with Gasteiger partial charge in [-0.25, -0.2) is 14.8 Å². The van der Waals surface area contributed by atoms with Crippen molar-refractivity contribution in [3.05, 3.63) is 36.4 Å². The van der Waals surface area contributed by atoms with Gasteiger partial charge in [-0.15, -0.1) is 0 Å². The molecule has 0 aliphatic carbocycles. The lowest BCUT2D eigenvalue weighted by molar-refractivity contribution is -0.143. The fraction of sp³-hybridized carbons (Fsp3) is 0.471. The Morgan fingerprint density at radius 2 is 1.61 bits per heavy atom. The highest BCUT2D eigenvalue weighted by Crippen LogP contribution is 2.05. The Balaban J connectivity index is 2.08. The zero-order valence-electron chi connectivity index (χ0n) is 15.7. The monoisotopic (exact) mass is 391 g/mol. The first-order valence-electron chi connectivity index (χ1n) is 8.81. The van der Waals surface area contributed by atoms with Crippen molar-refractivity contribution in [1.82, 2.24) is 30.6 Å². The van der Waals surface area contributed by atoms with E-state index >= 15 is 0 Å². The molecule has 0 spiro atoms. The van der Waals surface area contributed by atoms with E-state index < -0.39 is 35.9 Å². The van der Waals surface area contributed by atoms with Gasteiger partial charge < -0.3 is 31.4 Å². The third-order valence-electron chi connectivity index (χ3n) is 4.17. The normalized spacial score (nSPS) is 14.3. The molecule has 2 aromatic rings. The summed E-state index contributed by atoms with van der Waals surface area (Å²) in [6, 6.07) is -2.99. The maximum absolute atomic E-state index is 12.7. The van der Waals surface area contributed by atoms with E-state index in [9.17, 15) is 19.5 Å². The van der Waals surface area contributed by atoms with Crippen LogP contribution in [0.25, 0.3) is 0 Å². The summed E-state index contributed by atoms with van der Waals surface area (Å²) < 4.78 is 0. The molecule has 11 nitrogen and oxygen atoms in total. The topological polar surface area (TPSA) is 179 Å². The quantitative estimate of drug-likeness (QED) is 0.299. The van der Waals surface area contributed by atoms with Crippen molar-refractivity contribution in [2.45, 2.75) is 44.8 Å². The van der Waals surface area contributed by atoms with Crippen LogP contribution in [0, 0.1) is 5.92 Å². The summed E-state index contributed by atoms with van der Waals surface area (Å²) in [6.45, 7) is 3.36. The summed E-state index contributed by atoms with van der Waals surface area (Å²) in [5.41, 5.74) is 7.22. The van der Waals surface area contributed by atoms with Crippen molar-refractivity contribution < 1.29 is 19.5 Å². The lowest BCUT2D eigenvalue weighted by Crippen LogP contribution is -2.56. The van der Waals surface area contributed by atoms with Gasteiger partial charge in [0, 0.05) is 36.6 Å². The van der Waals surface area contributed by atoms with Gasteiger partial charge in [-0.1, -0.05) is 13.8 Å². The number of nitrogens with zero attached hydrogens (tertiary/aromatic N) is 2. The first-order valence-corrected chi connectivity index (χ1v) is 8.81. The Kier molecular flexibility index (Phi) is 7.27. The second kappa shape index (κ2) is 9.65. The van der Waals surface area contributed by atoms with Crippen molar-refractivity contribution in [1.29, 1.82) is 0 Å². The van der Waals surface area contributed by atoms with E-state index in [0.29, 0.717) is 11.4 Å². The van der Waals surface area contributed by atoms with E-state index in [1.54, 1.807) is 20.0 Å². The molecular weight excluding hydrogens is 366 g/mol. The molecule has 2 aromatic heterocycles. The zero-order valence-corrected chi connectivity index (χ0v) is 15.7. The minimum absolute atomic E-state index is 0.110. The number of carboxylic acids is 1. The van der Waals surface area contributed by atoms with Gasteiger partial charge in [-0.05, 0) is 5.92 Å². The Bertz CT molecular complexity index is 774. The van der Waals surface area contributed by atoms with E-state index in [1.807, 2.05) is 0 Å². The Morgan fingerprint density at radius 1 is 1.04 bits per heavy atom. The van der Waals surface area contributed by atoms with Gasteiger partial charge >= 0.3 is 5.97 Å². The number of aromatic nitrogens is 4. The summed E-state index contributed by atoms with van der Waals surface area (Å²) in [5.74, 6) is -2.62. The number of nitrogens with one attached hydrogen (secondary N) is 4. The van der Waals surface area contributed by atoms with Crippen molar-refractivity contribution in [3.63, 3.8) is 0 Å². The van der Waals surface area contributed by atoms with Crippen molar-refractivity contribution in [2.24, 2.45) is 11.7 Å². The highest BCUT2D eigenvalue weighted by Gasteiger charge is 2.30. The summed E-state index contributed by atoms with van der Waals surface area (Å²) in [5, 5.41) is 14.4. The van der Waals surface area contributed by atoms with Gasteiger partial charge in [0.15, 0.2) is 0 Å². The lowest BCUT2D eigenvalue weighted by Gasteiger charge is -2.24. The Morgan fingerprint density at radius 3 is 2.07 bits per heavy atom. The molecule has 0 unspecified atom stereocenters. The summed E-state index contributed by atoms with van der Waals surface area (Å²) in [4.78, 5) is 50.0. The fourth-order valence-electron chi connectivity index (χ4n) is 2.60. The van der Waals surface area contributed by atoms with Gasteiger partial charge in [-0.2, -0.15) is 0 Å². The van der Waals surface area contributed by atoms with Crippen LogP contribution in [0.5, 0.6) is 0 Å². The number of carbonyl (C=O) groups is 3. The fourth-order valence-corrected chi connectivity index (χ4v) is 2.60. The molecule has 2 heterocycles. The van der Waals surface area contributed by atoms with Crippen LogP contribution in [0.1, 0.15) is 25.2 Å². The molecule has 0 aromatic carbocycles. The maximum Gasteiger partial charge on any atom is 0.326 e. The predicted octanol–water partition coefficient (Wildman–Crippen LogP) is -1.04. The maximum atomic E-state index is 12.7. The van der Waals surface area contributed by atoms with E-state index in [4.69, 9.17) is 5.73 Å². The van der Waals surface area contributed by atoms with Gasteiger partial charge in [0.2, 0.25) is 11.8 Å². The van der Waals surface area contributed by atoms with Crippen LogP contribution in [0.15, 0.2) is 25.0 Å². The average Bonchev–Trinajstić information content (AvgIpc) is 3.32.